The molecule has 0 aliphatic carbocycles. The lowest BCUT2D eigenvalue weighted by Crippen LogP contribution is -2.39. The SMILES string of the molecule is CCN1CCCC1CN(Cc1cccnc1)Cc1ccc2ncccc2c1. The summed E-state index contributed by atoms with van der Waals surface area (Å²) in [4.78, 5) is 14.0. The molecule has 4 rings (SSSR count). The molecule has 0 bridgehead atoms. The first-order valence-corrected chi connectivity index (χ1v) is 10.0. The van der Waals surface area contributed by atoms with Crippen LogP contribution in [-0.2, 0) is 13.1 Å². The largest absolute Gasteiger partial charge is 0.299 e. The topological polar surface area (TPSA) is 32.3 Å². The van der Waals surface area contributed by atoms with E-state index in [-0.39, 0.29) is 0 Å². The van der Waals surface area contributed by atoms with E-state index < -0.39 is 0 Å². The van der Waals surface area contributed by atoms with E-state index in [9.17, 15) is 0 Å². The van der Waals surface area contributed by atoms with E-state index in [1.54, 1.807) is 0 Å². The maximum atomic E-state index is 4.44. The van der Waals surface area contributed by atoms with Crippen molar-refractivity contribution >= 4 is 10.9 Å². The number of rotatable bonds is 7. The zero-order chi connectivity index (χ0) is 18.5. The highest BCUT2D eigenvalue weighted by Crippen LogP contribution is 2.21. The number of likely N-dealkylation sites (N-methyl/N-ethyl adjacent to an activating group) is 1. The summed E-state index contributed by atoms with van der Waals surface area (Å²) in [6, 6.07) is 15.7. The monoisotopic (exact) mass is 360 g/mol. The Hall–Kier alpha value is -2.30. The second-order valence-corrected chi connectivity index (χ2v) is 7.49. The number of hydrogen-bond donors (Lipinski definition) is 0. The Labute approximate surface area is 161 Å². The minimum absolute atomic E-state index is 0.661. The smallest absolute Gasteiger partial charge is 0.0702 e. The molecule has 140 valence electrons. The summed E-state index contributed by atoms with van der Waals surface area (Å²) < 4.78 is 0. The molecule has 1 saturated heterocycles. The minimum Gasteiger partial charge on any atom is -0.299 e. The lowest BCUT2D eigenvalue weighted by Gasteiger charge is -2.30. The summed E-state index contributed by atoms with van der Waals surface area (Å²) in [7, 11) is 0. The standard InChI is InChI=1S/C23H28N4/c1-2-27-13-5-8-22(27)18-26(17-20-6-3-11-24-15-20)16-19-9-10-23-21(14-19)7-4-12-25-23/h3-4,6-7,9-12,14-15,22H,2,5,8,13,16-18H2,1H3. The lowest BCUT2D eigenvalue weighted by atomic mass is 10.1. The summed E-state index contributed by atoms with van der Waals surface area (Å²) in [6.07, 6.45) is 8.32. The van der Waals surface area contributed by atoms with E-state index in [1.165, 1.54) is 35.9 Å². The molecule has 27 heavy (non-hydrogen) atoms. The van der Waals surface area contributed by atoms with Gasteiger partial charge in [0.1, 0.15) is 0 Å². The Kier molecular flexibility index (Phi) is 5.75. The first-order valence-electron chi connectivity index (χ1n) is 10.0. The molecule has 1 aliphatic rings. The summed E-state index contributed by atoms with van der Waals surface area (Å²) >= 11 is 0. The maximum Gasteiger partial charge on any atom is 0.0702 e. The Morgan fingerprint density at radius 1 is 1.07 bits per heavy atom. The van der Waals surface area contributed by atoms with E-state index in [2.05, 4.69) is 57.0 Å². The first kappa shape index (κ1) is 18.1. The summed E-state index contributed by atoms with van der Waals surface area (Å²) in [5, 5.41) is 1.22. The summed E-state index contributed by atoms with van der Waals surface area (Å²) in [5.41, 5.74) is 3.69. The highest BCUT2D eigenvalue weighted by atomic mass is 15.2. The molecule has 1 unspecified atom stereocenters. The third-order valence-electron chi connectivity index (χ3n) is 5.58. The van der Waals surface area contributed by atoms with Crippen molar-refractivity contribution in [1.29, 1.82) is 0 Å². The van der Waals surface area contributed by atoms with Gasteiger partial charge in [-0.05, 0) is 61.3 Å². The van der Waals surface area contributed by atoms with Gasteiger partial charge in [0.05, 0.1) is 5.52 Å². The molecule has 4 heteroatoms. The van der Waals surface area contributed by atoms with Gasteiger partial charge in [0.15, 0.2) is 0 Å². The fraction of sp³-hybridized carbons (Fsp3) is 0.391. The predicted octanol–water partition coefficient (Wildman–Crippen LogP) is 4.12. The van der Waals surface area contributed by atoms with Crippen LogP contribution in [0.4, 0.5) is 0 Å². The van der Waals surface area contributed by atoms with Crippen molar-refractivity contribution in [2.24, 2.45) is 0 Å². The Bertz CT molecular complexity index is 864. The normalized spacial score (nSPS) is 17.8. The van der Waals surface area contributed by atoms with Crippen LogP contribution < -0.4 is 0 Å². The Morgan fingerprint density at radius 2 is 1.96 bits per heavy atom. The quantitative estimate of drug-likeness (QED) is 0.634. The minimum atomic E-state index is 0.661. The zero-order valence-electron chi connectivity index (χ0n) is 16.1. The second kappa shape index (κ2) is 8.59. The molecule has 0 N–H and O–H groups in total. The molecule has 3 heterocycles. The molecular formula is C23H28N4. The fourth-order valence-electron chi connectivity index (χ4n) is 4.23. The number of aromatic nitrogens is 2. The van der Waals surface area contributed by atoms with Gasteiger partial charge in [-0.15, -0.1) is 0 Å². The Morgan fingerprint density at radius 3 is 2.81 bits per heavy atom. The van der Waals surface area contributed by atoms with Crippen LogP contribution in [0.5, 0.6) is 0 Å². The number of hydrogen-bond acceptors (Lipinski definition) is 4. The van der Waals surface area contributed by atoms with E-state index >= 15 is 0 Å². The summed E-state index contributed by atoms with van der Waals surface area (Å²) in [5.74, 6) is 0. The lowest BCUT2D eigenvalue weighted by molar-refractivity contribution is 0.166. The molecule has 4 nitrogen and oxygen atoms in total. The molecule has 3 aromatic rings. The Balaban J connectivity index is 1.54. The number of benzene rings is 1. The molecule has 1 fully saturated rings. The number of pyridine rings is 2. The van der Waals surface area contributed by atoms with Crippen molar-refractivity contribution in [3.8, 4) is 0 Å². The van der Waals surface area contributed by atoms with Crippen LogP contribution in [0, 0.1) is 0 Å². The van der Waals surface area contributed by atoms with Crippen LogP contribution in [0.2, 0.25) is 0 Å². The van der Waals surface area contributed by atoms with Crippen LogP contribution in [-0.4, -0.2) is 45.4 Å². The van der Waals surface area contributed by atoms with Gasteiger partial charge >= 0.3 is 0 Å². The van der Waals surface area contributed by atoms with E-state index in [4.69, 9.17) is 0 Å². The average Bonchev–Trinajstić information content (AvgIpc) is 3.16. The number of likely N-dealkylation sites (tertiary alicyclic amines) is 1. The van der Waals surface area contributed by atoms with Crippen LogP contribution in [0.25, 0.3) is 10.9 Å². The van der Waals surface area contributed by atoms with Gasteiger partial charge < -0.3 is 0 Å². The molecule has 1 atom stereocenters. The summed E-state index contributed by atoms with van der Waals surface area (Å²) in [6.45, 7) is 7.66. The van der Waals surface area contributed by atoms with Crippen molar-refractivity contribution in [2.75, 3.05) is 19.6 Å². The second-order valence-electron chi connectivity index (χ2n) is 7.49. The molecule has 0 spiro atoms. The highest BCUT2D eigenvalue weighted by molar-refractivity contribution is 5.78. The highest BCUT2D eigenvalue weighted by Gasteiger charge is 2.25. The van der Waals surface area contributed by atoms with Gasteiger partial charge in [0.25, 0.3) is 0 Å². The van der Waals surface area contributed by atoms with Crippen molar-refractivity contribution in [3.05, 3.63) is 72.2 Å². The molecule has 0 radical (unpaired) electrons. The van der Waals surface area contributed by atoms with E-state index in [0.717, 1.165) is 31.7 Å². The molecular weight excluding hydrogens is 332 g/mol. The van der Waals surface area contributed by atoms with Gasteiger partial charge in [-0.1, -0.05) is 25.1 Å². The van der Waals surface area contributed by atoms with E-state index in [0.29, 0.717) is 6.04 Å². The van der Waals surface area contributed by atoms with Crippen LogP contribution in [0.3, 0.4) is 0 Å². The third kappa shape index (κ3) is 4.52. The average molecular weight is 361 g/mol. The van der Waals surface area contributed by atoms with Crippen LogP contribution in [0.15, 0.2) is 61.1 Å². The van der Waals surface area contributed by atoms with Crippen LogP contribution in [0.1, 0.15) is 30.9 Å². The predicted molar refractivity (Wildman–Crippen MR) is 110 cm³/mol. The van der Waals surface area contributed by atoms with Crippen molar-refractivity contribution in [3.63, 3.8) is 0 Å². The fourth-order valence-corrected chi connectivity index (χ4v) is 4.23. The van der Waals surface area contributed by atoms with Crippen LogP contribution >= 0.6 is 0 Å². The van der Waals surface area contributed by atoms with Crippen molar-refractivity contribution < 1.29 is 0 Å². The molecule has 0 amide bonds. The maximum absolute atomic E-state index is 4.44. The van der Waals surface area contributed by atoms with Gasteiger partial charge in [0, 0.05) is 49.7 Å². The zero-order valence-corrected chi connectivity index (χ0v) is 16.1. The molecule has 1 aliphatic heterocycles. The number of fused-ring (bicyclic) bond motifs is 1. The molecule has 0 saturated carbocycles. The molecule has 2 aromatic heterocycles. The van der Waals surface area contributed by atoms with Gasteiger partial charge in [-0.2, -0.15) is 0 Å². The third-order valence-corrected chi connectivity index (χ3v) is 5.58. The van der Waals surface area contributed by atoms with Crippen molar-refractivity contribution in [2.45, 2.75) is 38.9 Å². The van der Waals surface area contributed by atoms with E-state index in [1.807, 2.05) is 30.7 Å². The van der Waals surface area contributed by atoms with Crippen molar-refractivity contribution in [1.82, 2.24) is 19.8 Å². The van der Waals surface area contributed by atoms with Gasteiger partial charge in [0.2, 0.25) is 0 Å². The number of nitrogens with zero attached hydrogens (tertiary/aromatic N) is 4. The van der Waals surface area contributed by atoms with Gasteiger partial charge in [-0.3, -0.25) is 19.8 Å². The van der Waals surface area contributed by atoms with Gasteiger partial charge in [-0.25, -0.2) is 0 Å². The molecule has 1 aromatic carbocycles. The first-order chi connectivity index (χ1) is 13.3.